The number of hydrogen-bond donors (Lipinski definition) is 1. The number of hydrogen-bond acceptors (Lipinski definition) is 5. The number of nitro groups is 1. The molecule has 0 saturated heterocycles. The second-order valence-electron chi connectivity index (χ2n) is 5.04. The van der Waals surface area contributed by atoms with E-state index in [1.54, 1.807) is 13.0 Å². The van der Waals surface area contributed by atoms with Crippen LogP contribution in [0.1, 0.15) is 24.0 Å². The number of nitro benzene ring substituents is 1. The van der Waals surface area contributed by atoms with Gasteiger partial charge in [0.05, 0.1) is 12.0 Å². The van der Waals surface area contributed by atoms with Crippen molar-refractivity contribution in [3.05, 3.63) is 39.4 Å². The molecular formula is C14H18N2O4. The topological polar surface area (TPSA) is 81.5 Å². The van der Waals surface area contributed by atoms with Crippen molar-refractivity contribution >= 4 is 11.7 Å². The van der Waals surface area contributed by atoms with Crippen molar-refractivity contribution in [2.24, 2.45) is 5.92 Å². The molecule has 6 nitrogen and oxygen atoms in total. The molecule has 0 spiro atoms. The van der Waals surface area contributed by atoms with E-state index in [1.165, 1.54) is 13.2 Å². The van der Waals surface area contributed by atoms with E-state index in [9.17, 15) is 14.9 Å². The summed E-state index contributed by atoms with van der Waals surface area (Å²) in [5.41, 5.74) is 1.56. The van der Waals surface area contributed by atoms with Crippen LogP contribution < -0.4 is 5.32 Å². The second-order valence-corrected chi connectivity index (χ2v) is 5.04. The summed E-state index contributed by atoms with van der Waals surface area (Å²) in [5.74, 6) is 0.0528. The molecular weight excluding hydrogens is 260 g/mol. The molecule has 6 heteroatoms. The largest absolute Gasteiger partial charge is 0.468 e. The molecule has 2 rings (SSSR count). The molecule has 1 aliphatic carbocycles. The molecule has 1 saturated carbocycles. The Morgan fingerprint density at radius 2 is 2.25 bits per heavy atom. The highest BCUT2D eigenvalue weighted by molar-refractivity contribution is 5.76. The molecule has 0 aromatic heterocycles. The van der Waals surface area contributed by atoms with Crippen LogP contribution in [0.25, 0.3) is 0 Å². The fraction of sp³-hybridized carbons (Fsp3) is 0.500. The van der Waals surface area contributed by atoms with Crippen LogP contribution in [-0.4, -0.2) is 24.0 Å². The van der Waals surface area contributed by atoms with Gasteiger partial charge in [-0.15, -0.1) is 0 Å². The lowest BCUT2D eigenvalue weighted by Crippen LogP contribution is -2.39. The predicted octanol–water partition coefficient (Wildman–Crippen LogP) is 1.94. The van der Waals surface area contributed by atoms with Crippen LogP contribution in [0, 0.1) is 23.0 Å². The molecule has 1 aromatic rings. The van der Waals surface area contributed by atoms with Gasteiger partial charge >= 0.3 is 5.97 Å². The monoisotopic (exact) mass is 278 g/mol. The van der Waals surface area contributed by atoms with Gasteiger partial charge in [-0.25, -0.2) is 0 Å². The van der Waals surface area contributed by atoms with Crippen LogP contribution in [0.4, 0.5) is 5.69 Å². The lowest BCUT2D eigenvalue weighted by atomic mass is 10.1. The highest BCUT2D eigenvalue weighted by Crippen LogP contribution is 2.33. The third-order valence-corrected chi connectivity index (χ3v) is 3.68. The van der Waals surface area contributed by atoms with Gasteiger partial charge in [0.2, 0.25) is 0 Å². The number of ether oxygens (including phenoxy) is 1. The molecule has 0 aliphatic heterocycles. The molecule has 1 aliphatic rings. The number of esters is 1. The lowest BCUT2D eigenvalue weighted by Gasteiger charge is -2.16. The third-order valence-electron chi connectivity index (χ3n) is 3.68. The van der Waals surface area contributed by atoms with Gasteiger partial charge in [-0.3, -0.25) is 14.9 Å². The molecule has 1 fully saturated rings. The summed E-state index contributed by atoms with van der Waals surface area (Å²) in [5, 5.41) is 14.1. The molecule has 20 heavy (non-hydrogen) atoms. The van der Waals surface area contributed by atoms with E-state index in [2.05, 4.69) is 5.32 Å². The van der Waals surface area contributed by atoms with Crippen LogP contribution in [0.15, 0.2) is 18.2 Å². The molecule has 0 bridgehead atoms. The first-order valence-electron chi connectivity index (χ1n) is 6.58. The van der Waals surface area contributed by atoms with Gasteiger partial charge in [0.25, 0.3) is 5.69 Å². The zero-order chi connectivity index (χ0) is 14.7. The second kappa shape index (κ2) is 6.00. The Morgan fingerprint density at radius 1 is 1.55 bits per heavy atom. The summed E-state index contributed by atoms with van der Waals surface area (Å²) >= 11 is 0. The summed E-state index contributed by atoms with van der Waals surface area (Å²) in [6, 6.07) is 4.65. The maximum Gasteiger partial charge on any atom is 0.323 e. The van der Waals surface area contributed by atoms with E-state index in [-0.39, 0.29) is 17.7 Å². The van der Waals surface area contributed by atoms with E-state index in [1.807, 2.05) is 6.07 Å². The highest BCUT2D eigenvalue weighted by atomic mass is 16.6. The summed E-state index contributed by atoms with van der Waals surface area (Å²) in [6.45, 7) is 2.14. The van der Waals surface area contributed by atoms with Crippen molar-refractivity contribution < 1.29 is 14.5 Å². The Kier molecular flexibility index (Phi) is 4.34. The van der Waals surface area contributed by atoms with E-state index in [0.29, 0.717) is 18.0 Å². The van der Waals surface area contributed by atoms with Crippen molar-refractivity contribution in [1.82, 2.24) is 5.32 Å². The molecule has 108 valence electrons. The predicted molar refractivity (Wildman–Crippen MR) is 73.2 cm³/mol. The first kappa shape index (κ1) is 14.5. The van der Waals surface area contributed by atoms with Crippen LogP contribution in [0.3, 0.4) is 0 Å². The van der Waals surface area contributed by atoms with Gasteiger partial charge in [0, 0.05) is 18.2 Å². The summed E-state index contributed by atoms with van der Waals surface area (Å²) < 4.78 is 4.78. The fourth-order valence-corrected chi connectivity index (χ4v) is 2.28. The van der Waals surface area contributed by atoms with Crippen molar-refractivity contribution in [1.29, 1.82) is 0 Å². The van der Waals surface area contributed by atoms with E-state index in [0.717, 1.165) is 18.4 Å². The Bertz CT molecular complexity index is 526. The van der Waals surface area contributed by atoms with Gasteiger partial charge < -0.3 is 10.1 Å². The zero-order valence-corrected chi connectivity index (χ0v) is 11.6. The average molecular weight is 278 g/mol. The van der Waals surface area contributed by atoms with Crippen molar-refractivity contribution in [2.75, 3.05) is 7.11 Å². The van der Waals surface area contributed by atoms with Crippen molar-refractivity contribution in [2.45, 2.75) is 32.4 Å². The fourth-order valence-electron chi connectivity index (χ4n) is 2.28. The van der Waals surface area contributed by atoms with E-state index < -0.39 is 4.92 Å². The van der Waals surface area contributed by atoms with E-state index >= 15 is 0 Å². The maximum atomic E-state index is 11.7. The first-order valence-corrected chi connectivity index (χ1v) is 6.58. The summed E-state index contributed by atoms with van der Waals surface area (Å²) in [7, 11) is 1.37. The van der Waals surface area contributed by atoms with Gasteiger partial charge in [-0.05, 0) is 31.2 Å². The van der Waals surface area contributed by atoms with Crippen LogP contribution in [0.5, 0.6) is 0 Å². The van der Waals surface area contributed by atoms with Crippen LogP contribution in [-0.2, 0) is 16.1 Å². The SMILES string of the molecule is COC(=O)C(NCc1cccc([N+](=O)[O-])c1C)C1CC1. The summed E-state index contributed by atoms with van der Waals surface area (Å²) in [6.07, 6.45) is 2.03. The van der Waals surface area contributed by atoms with Gasteiger partial charge in [-0.2, -0.15) is 0 Å². The highest BCUT2D eigenvalue weighted by Gasteiger charge is 2.36. The minimum absolute atomic E-state index is 0.102. The van der Waals surface area contributed by atoms with Crippen LogP contribution in [0.2, 0.25) is 0 Å². The average Bonchev–Trinajstić information content (AvgIpc) is 3.24. The first-order chi connectivity index (χ1) is 9.54. The number of methoxy groups -OCH3 is 1. The molecule has 0 radical (unpaired) electrons. The Labute approximate surface area is 117 Å². The lowest BCUT2D eigenvalue weighted by molar-refractivity contribution is -0.385. The van der Waals surface area contributed by atoms with Crippen LogP contribution >= 0.6 is 0 Å². The molecule has 0 heterocycles. The number of nitrogens with zero attached hydrogens (tertiary/aromatic N) is 1. The number of carbonyl (C=O) groups is 1. The Hall–Kier alpha value is -1.95. The van der Waals surface area contributed by atoms with Gasteiger partial charge in [0.15, 0.2) is 0 Å². The summed E-state index contributed by atoms with van der Waals surface area (Å²) in [4.78, 5) is 22.2. The molecule has 1 atom stereocenters. The zero-order valence-electron chi connectivity index (χ0n) is 11.6. The minimum Gasteiger partial charge on any atom is -0.468 e. The maximum absolute atomic E-state index is 11.7. The number of carbonyl (C=O) groups excluding carboxylic acids is 1. The Balaban J connectivity index is 2.08. The molecule has 1 unspecified atom stereocenters. The molecule has 0 amide bonds. The third kappa shape index (κ3) is 3.14. The number of benzene rings is 1. The standard InChI is InChI=1S/C14H18N2O4/c1-9-11(4-3-5-12(9)16(18)19)8-15-13(10-6-7-10)14(17)20-2/h3-5,10,13,15H,6-8H2,1-2H3. The quantitative estimate of drug-likeness (QED) is 0.488. The van der Waals surface area contributed by atoms with Crippen molar-refractivity contribution in [3.8, 4) is 0 Å². The molecule has 1 aromatic carbocycles. The normalized spacial score (nSPS) is 15.7. The van der Waals surface area contributed by atoms with E-state index in [4.69, 9.17) is 4.74 Å². The minimum atomic E-state index is -0.391. The number of rotatable bonds is 6. The van der Waals surface area contributed by atoms with Crippen molar-refractivity contribution in [3.63, 3.8) is 0 Å². The molecule has 1 N–H and O–H groups in total. The smallest absolute Gasteiger partial charge is 0.323 e. The van der Waals surface area contributed by atoms with Gasteiger partial charge in [-0.1, -0.05) is 12.1 Å². The number of nitrogens with one attached hydrogen (secondary N) is 1. The van der Waals surface area contributed by atoms with Gasteiger partial charge in [0.1, 0.15) is 6.04 Å². The Morgan fingerprint density at radius 3 is 2.80 bits per heavy atom.